The van der Waals surface area contributed by atoms with Crippen LogP contribution in [0.5, 0.6) is 0 Å². The van der Waals surface area contributed by atoms with Crippen LogP contribution in [0.4, 0.5) is 4.39 Å². The first kappa shape index (κ1) is 13.2. The molecule has 0 aliphatic carbocycles. The largest absolute Gasteiger partial charge is 0.348 e. The fraction of sp³-hybridized carbons (Fsp3) is 0.200. The molecule has 0 saturated heterocycles. The second kappa shape index (κ2) is 5.61. The third-order valence-electron chi connectivity index (χ3n) is 2.86. The molecular formula is C15H15FN2O. The molecule has 3 nitrogen and oxygen atoms in total. The van der Waals surface area contributed by atoms with Crippen molar-refractivity contribution in [1.82, 2.24) is 10.3 Å². The first-order valence-electron chi connectivity index (χ1n) is 6.02. The van der Waals surface area contributed by atoms with Crippen molar-refractivity contribution in [2.24, 2.45) is 0 Å². The van der Waals surface area contributed by atoms with Gasteiger partial charge in [0.05, 0.1) is 0 Å². The number of halogens is 1. The zero-order valence-electron chi connectivity index (χ0n) is 10.9. The van der Waals surface area contributed by atoms with Gasteiger partial charge in [-0.3, -0.25) is 9.78 Å². The molecule has 98 valence electrons. The van der Waals surface area contributed by atoms with E-state index in [9.17, 15) is 9.18 Å². The van der Waals surface area contributed by atoms with Crippen molar-refractivity contribution in [1.29, 1.82) is 0 Å². The van der Waals surface area contributed by atoms with Gasteiger partial charge in [-0.05, 0) is 49.2 Å². The number of nitrogens with one attached hydrogen (secondary N) is 1. The van der Waals surface area contributed by atoms with Gasteiger partial charge in [-0.25, -0.2) is 4.39 Å². The average molecular weight is 258 g/mol. The van der Waals surface area contributed by atoms with Crippen LogP contribution in [0, 0.1) is 19.7 Å². The third kappa shape index (κ3) is 3.37. The van der Waals surface area contributed by atoms with Crippen LogP contribution in [-0.4, -0.2) is 10.9 Å². The molecule has 2 aromatic rings. The number of aromatic nitrogens is 1. The Bertz CT molecular complexity index is 594. The summed E-state index contributed by atoms with van der Waals surface area (Å²) < 4.78 is 13.0. The molecule has 1 aromatic carbocycles. The van der Waals surface area contributed by atoms with Crippen LogP contribution in [0.15, 0.2) is 36.5 Å². The maximum atomic E-state index is 13.0. The number of rotatable bonds is 3. The molecule has 1 N–H and O–H groups in total. The Kier molecular flexibility index (Phi) is 3.90. The number of hydrogen-bond acceptors (Lipinski definition) is 2. The SMILES string of the molecule is Cc1ccc(CNC(=O)c2ccc(F)cc2C)cn1. The van der Waals surface area contributed by atoms with Gasteiger partial charge in [0, 0.05) is 24.0 Å². The van der Waals surface area contributed by atoms with Gasteiger partial charge < -0.3 is 5.32 Å². The van der Waals surface area contributed by atoms with Crippen molar-refractivity contribution in [3.63, 3.8) is 0 Å². The zero-order valence-corrected chi connectivity index (χ0v) is 10.9. The summed E-state index contributed by atoms with van der Waals surface area (Å²) in [4.78, 5) is 16.1. The molecule has 0 saturated carbocycles. The summed E-state index contributed by atoms with van der Waals surface area (Å²) in [5, 5.41) is 2.79. The molecule has 0 atom stereocenters. The normalized spacial score (nSPS) is 10.3. The standard InChI is InChI=1S/C15H15FN2O/c1-10-7-13(16)5-6-14(10)15(19)18-9-12-4-3-11(2)17-8-12/h3-8H,9H2,1-2H3,(H,18,19). The Morgan fingerprint density at radius 2 is 2.05 bits per heavy atom. The van der Waals surface area contributed by atoms with E-state index >= 15 is 0 Å². The molecule has 0 radical (unpaired) electrons. The van der Waals surface area contributed by atoms with Crippen LogP contribution in [0.2, 0.25) is 0 Å². The van der Waals surface area contributed by atoms with Crippen LogP contribution in [0.25, 0.3) is 0 Å². The lowest BCUT2D eigenvalue weighted by molar-refractivity contribution is 0.0950. The highest BCUT2D eigenvalue weighted by atomic mass is 19.1. The van der Waals surface area contributed by atoms with E-state index in [1.54, 1.807) is 13.1 Å². The van der Waals surface area contributed by atoms with E-state index in [2.05, 4.69) is 10.3 Å². The number of benzene rings is 1. The first-order valence-corrected chi connectivity index (χ1v) is 6.02. The van der Waals surface area contributed by atoms with Gasteiger partial charge in [-0.15, -0.1) is 0 Å². The summed E-state index contributed by atoms with van der Waals surface area (Å²) in [6.45, 7) is 4.03. The molecule has 1 heterocycles. The molecule has 0 aliphatic heterocycles. The van der Waals surface area contributed by atoms with Crippen molar-refractivity contribution in [2.75, 3.05) is 0 Å². The number of carbonyl (C=O) groups is 1. The number of carbonyl (C=O) groups excluding carboxylic acids is 1. The minimum atomic E-state index is -0.336. The second-order valence-corrected chi connectivity index (χ2v) is 4.45. The smallest absolute Gasteiger partial charge is 0.251 e. The Balaban J connectivity index is 2.03. The number of aryl methyl sites for hydroxylation is 2. The van der Waals surface area contributed by atoms with Crippen LogP contribution < -0.4 is 5.32 Å². The minimum absolute atomic E-state index is 0.210. The predicted molar refractivity (Wildman–Crippen MR) is 71.3 cm³/mol. The van der Waals surface area contributed by atoms with Crippen LogP contribution >= 0.6 is 0 Å². The lowest BCUT2D eigenvalue weighted by Gasteiger charge is -2.08. The maximum Gasteiger partial charge on any atom is 0.251 e. The number of hydrogen-bond donors (Lipinski definition) is 1. The highest BCUT2D eigenvalue weighted by molar-refractivity contribution is 5.95. The van der Waals surface area contributed by atoms with Crippen molar-refractivity contribution in [3.05, 3.63) is 64.7 Å². The summed E-state index contributed by atoms with van der Waals surface area (Å²) in [6, 6.07) is 7.94. The first-order chi connectivity index (χ1) is 9.06. The molecule has 0 aliphatic rings. The van der Waals surface area contributed by atoms with E-state index in [4.69, 9.17) is 0 Å². The fourth-order valence-electron chi connectivity index (χ4n) is 1.76. The predicted octanol–water partition coefficient (Wildman–Crippen LogP) is 2.77. The van der Waals surface area contributed by atoms with Crippen molar-refractivity contribution < 1.29 is 9.18 Å². The highest BCUT2D eigenvalue weighted by Crippen LogP contribution is 2.10. The zero-order chi connectivity index (χ0) is 13.8. The van der Waals surface area contributed by atoms with E-state index < -0.39 is 0 Å². The van der Waals surface area contributed by atoms with Crippen molar-refractivity contribution in [3.8, 4) is 0 Å². The second-order valence-electron chi connectivity index (χ2n) is 4.45. The van der Waals surface area contributed by atoms with Crippen LogP contribution in [0.1, 0.15) is 27.2 Å². The number of nitrogens with zero attached hydrogens (tertiary/aromatic N) is 1. The fourth-order valence-corrected chi connectivity index (χ4v) is 1.76. The summed E-state index contributed by atoms with van der Waals surface area (Å²) >= 11 is 0. The summed E-state index contributed by atoms with van der Waals surface area (Å²) in [5.74, 6) is -0.546. The average Bonchev–Trinajstić information content (AvgIpc) is 2.37. The minimum Gasteiger partial charge on any atom is -0.348 e. The highest BCUT2D eigenvalue weighted by Gasteiger charge is 2.09. The van der Waals surface area contributed by atoms with Gasteiger partial charge in [-0.1, -0.05) is 6.07 Å². The molecule has 0 bridgehead atoms. The molecule has 1 amide bonds. The van der Waals surface area contributed by atoms with Gasteiger partial charge in [0.2, 0.25) is 0 Å². The molecule has 0 unspecified atom stereocenters. The topological polar surface area (TPSA) is 42.0 Å². The summed E-state index contributed by atoms with van der Waals surface area (Å²) in [7, 11) is 0. The van der Waals surface area contributed by atoms with Gasteiger partial charge in [0.1, 0.15) is 5.82 Å². The number of amides is 1. The molecule has 0 fully saturated rings. The van der Waals surface area contributed by atoms with Gasteiger partial charge in [0.25, 0.3) is 5.91 Å². The molecular weight excluding hydrogens is 243 g/mol. The van der Waals surface area contributed by atoms with Crippen LogP contribution in [0.3, 0.4) is 0 Å². The molecule has 2 rings (SSSR count). The quantitative estimate of drug-likeness (QED) is 0.919. The summed E-state index contributed by atoms with van der Waals surface area (Å²) in [6.07, 6.45) is 1.73. The molecule has 1 aromatic heterocycles. The van der Waals surface area contributed by atoms with Crippen molar-refractivity contribution >= 4 is 5.91 Å². The van der Waals surface area contributed by atoms with E-state index in [0.29, 0.717) is 17.7 Å². The van der Waals surface area contributed by atoms with Gasteiger partial charge in [0.15, 0.2) is 0 Å². The maximum absolute atomic E-state index is 13.0. The lowest BCUT2D eigenvalue weighted by atomic mass is 10.1. The molecule has 0 spiro atoms. The summed E-state index contributed by atoms with van der Waals surface area (Å²) in [5.41, 5.74) is 2.98. The van der Waals surface area contributed by atoms with E-state index in [1.807, 2.05) is 19.1 Å². The molecule has 19 heavy (non-hydrogen) atoms. The molecule has 4 heteroatoms. The van der Waals surface area contributed by atoms with E-state index in [-0.39, 0.29) is 11.7 Å². The number of pyridine rings is 1. The lowest BCUT2D eigenvalue weighted by Crippen LogP contribution is -2.23. The Morgan fingerprint density at radius 3 is 2.68 bits per heavy atom. The van der Waals surface area contributed by atoms with E-state index in [0.717, 1.165) is 11.3 Å². The van der Waals surface area contributed by atoms with Crippen molar-refractivity contribution in [2.45, 2.75) is 20.4 Å². The van der Waals surface area contributed by atoms with Crippen LogP contribution in [-0.2, 0) is 6.54 Å². The van der Waals surface area contributed by atoms with E-state index in [1.165, 1.54) is 18.2 Å². The monoisotopic (exact) mass is 258 g/mol. The van der Waals surface area contributed by atoms with Gasteiger partial charge >= 0.3 is 0 Å². The van der Waals surface area contributed by atoms with Gasteiger partial charge in [-0.2, -0.15) is 0 Å². The Hall–Kier alpha value is -2.23. The third-order valence-corrected chi connectivity index (χ3v) is 2.86. The Morgan fingerprint density at radius 1 is 1.26 bits per heavy atom. The Labute approximate surface area is 111 Å².